The third-order valence-electron chi connectivity index (χ3n) is 5.48. The van der Waals surface area contributed by atoms with E-state index in [9.17, 15) is 4.79 Å². The molecule has 1 aliphatic rings. The number of nitrogens with one attached hydrogen (secondary N) is 1. The van der Waals surface area contributed by atoms with Gasteiger partial charge in [0.2, 0.25) is 0 Å². The number of carbonyl (C=O) groups excluding carboxylic acids is 1. The summed E-state index contributed by atoms with van der Waals surface area (Å²) in [5.74, 6) is 0.815. The van der Waals surface area contributed by atoms with E-state index < -0.39 is 0 Å². The molecule has 0 aliphatic carbocycles. The lowest BCUT2D eigenvalue weighted by molar-refractivity contribution is 0.0545. The molecule has 156 valence electrons. The van der Waals surface area contributed by atoms with Gasteiger partial charge in [0.25, 0.3) is 5.91 Å². The summed E-state index contributed by atoms with van der Waals surface area (Å²) in [5, 5.41) is 7.55. The Morgan fingerprint density at radius 2 is 1.87 bits per heavy atom. The Balaban J connectivity index is 1.83. The monoisotopic (exact) mass is 403 g/mol. The molecule has 0 saturated heterocycles. The number of aromatic nitrogens is 2. The van der Waals surface area contributed by atoms with Crippen LogP contribution < -0.4 is 4.74 Å². The Hall–Kier alpha value is -3.08. The lowest BCUT2D eigenvalue weighted by atomic mass is 9.93. The van der Waals surface area contributed by atoms with Crippen molar-refractivity contribution >= 4 is 5.91 Å². The van der Waals surface area contributed by atoms with Crippen molar-refractivity contribution in [2.24, 2.45) is 0 Å². The summed E-state index contributed by atoms with van der Waals surface area (Å²) in [7, 11) is 0. The van der Waals surface area contributed by atoms with Crippen LogP contribution in [0.15, 0.2) is 54.6 Å². The molecule has 1 atom stereocenters. The largest absolute Gasteiger partial charge is 0.494 e. The average molecular weight is 404 g/mol. The SMILES string of the molecule is CCCCOc1cccc(C2c3c(-c4ccccc4)n[nH]c3C(=O)N2C(C)(C)C)c1. The predicted octanol–water partition coefficient (Wildman–Crippen LogP) is 5.60. The topological polar surface area (TPSA) is 58.2 Å². The van der Waals surface area contributed by atoms with Crippen molar-refractivity contribution in [2.45, 2.75) is 52.1 Å². The zero-order valence-electron chi connectivity index (χ0n) is 18.1. The molecule has 3 aromatic rings. The van der Waals surface area contributed by atoms with Crippen molar-refractivity contribution in [3.05, 3.63) is 71.4 Å². The molecule has 5 heteroatoms. The maximum atomic E-state index is 13.4. The Labute approximate surface area is 178 Å². The zero-order valence-corrected chi connectivity index (χ0v) is 18.1. The minimum Gasteiger partial charge on any atom is -0.494 e. The zero-order chi connectivity index (χ0) is 21.3. The molecular formula is C25H29N3O2. The third kappa shape index (κ3) is 3.60. The summed E-state index contributed by atoms with van der Waals surface area (Å²) in [6.45, 7) is 9.05. The normalized spacial score (nSPS) is 16.1. The Morgan fingerprint density at radius 3 is 2.57 bits per heavy atom. The van der Waals surface area contributed by atoms with E-state index in [2.05, 4.69) is 50.0 Å². The van der Waals surface area contributed by atoms with Crippen molar-refractivity contribution in [1.82, 2.24) is 15.1 Å². The number of H-pyrrole nitrogens is 1. The van der Waals surface area contributed by atoms with Crippen LogP contribution in [-0.4, -0.2) is 33.2 Å². The van der Waals surface area contributed by atoms with Crippen LogP contribution in [0.5, 0.6) is 5.75 Å². The number of benzene rings is 2. The summed E-state index contributed by atoms with van der Waals surface area (Å²) in [6.07, 6.45) is 2.11. The van der Waals surface area contributed by atoms with Crippen LogP contribution in [0.2, 0.25) is 0 Å². The Bertz CT molecular complexity index is 1030. The molecule has 30 heavy (non-hydrogen) atoms. The highest BCUT2D eigenvalue weighted by Gasteiger charge is 2.46. The number of hydrogen-bond donors (Lipinski definition) is 1. The number of hydrogen-bond acceptors (Lipinski definition) is 3. The van der Waals surface area contributed by atoms with E-state index in [1.54, 1.807) is 0 Å². The van der Waals surface area contributed by atoms with Gasteiger partial charge in [-0.25, -0.2) is 0 Å². The second-order valence-electron chi connectivity index (χ2n) is 8.75. The summed E-state index contributed by atoms with van der Waals surface area (Å²) in [5.41, 5.74) is 4.02. The molecule has 0 saturated carbocycles. The number of ether oxygens (including phenoxy) is 1. The molecule has 5 nitrogen and oxygen atoms in total. The van der Waals surface area contributed by atoms with E-state index in [-0.39, 0.29) is 17.5 Å². The van der Waals surface area contributed by atoms with Crippen molar-refractivity contribution in [1.29, 1.82) is 0 Å². The van der Waals surface area contributed by atoms with E-state index in [0.29, 0.717) is 12.3 Å². The fraction of sp³-hybridized carbons (Fsp3) is 0.360. The van der Waals surface area contributed by atoms with Gasteiger partial charge in [-0.05, 0) is 44.9 Å². The van der Waals surface area contributed by atoms with Crippen molar-refractivity contribution in [3.8, 4) is 17.0 Å². The van der Waals surface area contributed by atoms with Gasteiger partial charge < -0.3 is 9.64 Å². The molecular weight excluding hydrogens is 374 g/mol. The van der Waals surface area contributed by atoms with Gasteiger partial charge in [-0.3, -0.25) is 9.89 Å². The highest BCUT2D eigenvalue weighted by atomic mass is 16.5. The van der Waals surface area contributed by atoms with Gasteiger partial charge in [0, 0.05) is 16.7 Å². The van der Waals surface area contributed by atoms with Crippen LogP contribution in [-0.2, 0) is 0 Å². The first kappa shape index (κ1) is 20.2. The Kier molecular flexibility index (Phi) is 5.37. The minimum atomic E-state index is -0.353. The van der Waals surface area contributed by atoms with Crippen molar-refractivity contribution in [3.63, 3.8) is 0 Å². The number of carbonyl (C=O) groups is 1. The first-order valence-electron chi connectivity index (χ1n) is 10.6. The summed E-state index contributed by atoms with van der Waals surface area (Å²) in [4.78, 5) is 15.3. The molecule has 0 spiro atoms. The maximum absolute atomic E-state index is 13.4. The van der Waals surface area contributed by atoms with Gasteiger partial charge >= 0.3 is 0 Å². The maximum Gasteiger partial charge on any atom is 0.273 e. The van der Waals surface area contributed by atoms with Gasteiger partial charge in [0.05, 0.1) is 18.3 Å². The molecule has 2 heterocycles. The van der Waals surface area contributed by atoms with Gasteiger partial charge in [-0.1, -0.05) is 55.8 Å². The van der Waals surface area contributed by atoms with Crippen LogP contribution in [0.1, 0.15) is 68.2 Å². The summed E-state index contributed by atoms with van der Waals surface area (Å²) in [6, 6.07) is 17.9. The van der Waals surface area contributed by atoms with Crippen molar-refractivity contribution < 1.29 is 9.53 Å². The summed E-state index contributed by atoms with van der Waals surface area (Å²) >= 11 is 0. The molecule has 1 aromatic heterocycles. The fourth-order valence-corrected chi connectivity index (χ4v) is 4.08. The van der Waals surface area contributed by atoms with Gasteiger partial charge in [-0.2, -0.15) is 5.10 Å². The average Bonchev–Trinajstić information content (AvgIpc) is 3.28. The molecule has 1 aliphatic heterocycles. The van der Waals surface area contributed by atoms with E-state index in [1.807, 2.05) is 47.4 Å². The number of fused-ring (bicyclic) bond motifs is 1. The molecule has 1 amide bonds. The van der Waals surface area contributed by atoms with E-state index >= 15 is 0 Å². The molecule has 1 N–H and O–H groups in total. The molecule has 4 rings (SSSR count). The lowest BCUT2D eigenvalue weighted by Crippen LogP contribution is -2.44. The van der Waals surface area contributed by atoms with Gasteiger partial charge in [-0.15, -0.1) is 0 Å². The van der Waals surface area contributed by atoms with Gasteiger partial charge in [0.15, 0.2) is 0 Å². The van der Waals surface area contributed by atoms with Crippen LogP contribution in [0.25, 0.3) is 11.3 Å². The van der Waals surface area contributed by atoms with Gasteiger partial charge in [0.1, 0.15) is 11.4 Å². The van der Waals surface area contributed by atoms with Crippen LogP contribution in [0.3, 0.4) is 0 Å². The predicted molar refractivity (Wildman–Crippen MR) is 119 cm³/mol. The van der Waals surface area contributed by atoms with Crippen molar-refractivity contribution in [2.75, 3.05) is 6.61 Å². The second-order valence-corrected chi connectivity index (χ2v) is 8.75. The van der Waals surface area contributed by atoms with E-state index in [0.717, 1.165) is 41.0 Å². The van der Waals surface area contributed by atoms with E-state index in [4.69, 9.17) is 4.74 Å². The molecule has 0 fully saturated rings. The number of nitrogens with zero attached hydrogens (tertiary/aromatic N) is 2. The first-order valence-corrected chi connectivity index (χ1v) is 10.6. The highest BCUT2D eigenvalue weighted by molar-refractivity contribution is 6.00. The Morgan fingerprint density at radius 1 is 1.10 bits per heavy atom. The number of aromatic amines is 1. The van der Waals surface area contributed by atoms with E-state index in [1.165, 1.54) is 0 Å². The minimum absolute atomic E-state index is 0.0190. The van der Waals surface area contributed by atoms with Crippen LogP contribution >= 0.6 is 0 Å². The fourth-order valence-electron chi connectivity index (χ4n) is 4.08. The molecule has 2 aromatic carbocycles. The summed E-state index contributed by atoms with van der Waals surface area (Å²) < 4.78 is 5.95. The smallest absolute Gasteiger partial charge is 0.273 e. The quantitative estimate of drug-likeness (QED) is 0.545. The number of unbranched alkanes of at least 4 members (excludes halogenated alkanes) is 1. The molecule has 0 bridgehead atoms. The third-order valence-corrected chi connectivity index (χ3v) is 5.48. The molecule has 0 radical (unpaired) electrons. The molecule has 1 unspecified atom stereocenters. The van der Waals surface area contributed by atoms with Crippen LogP contribution in [0.4, 0.5) is 0 Å². The standard InChI is InChI=1S/C25H29N3O2/c1-5-6-15-30-19-14-10-13-18(16-19)23-20-21(17-11-8-7-9-12-17)26-27-22(20)24(29)28(23)25(2,3)4/h7-14,16,23H,5-6,15H2,1-4H3,(H,26,27). The number of rotatable bonds is 6. The lowest BCUT2D eigenvalue weighted by Gasteiger charge is -2.37. The van der Waals surface area contributed by atoms with Crippen LogP contribution in [0, 0.1) is 0 Å². The highest BCUT2D eigenvalue weighted by Crippen LogP contribution is 2.46. The first-order chi connectivity index (χ1) is 14.4. The number of amides is 1. The second kappa shape index (κ2) is 7.98.